The van der Waals surface area contributed by atoms with Gasteiger partial charge in [0.2, 0.25) is 0 Å². The molecule has 4 heteroatoms. The molecule has 0 aliphatic rings. The van der Waals surface area contributed by atoms with Crippen LogP contribution in [-0.2, 0) is 9.53 Å². The fraction of sp³-hybridized carbons (Fsp3) is 0.714. The molecule has 0 radical (unpaired) electrons. The second kappa shape index (κ2) is 4.56. The Balaban J connectivity index is 3.91. The molecule has 0 saturated carbocycles. The van der Waals surface area contributed by atoms with Crippen LogP contribution in [0.2, 0.25) is 0 Å². The molecule has 0 unspecified atom stereocenters. The monoisotopic (exact) mass is 156 g/mol. The summed E-state index contributed by atoms with van der Waals surface area (Å²) in [4.78, 5) is 12.0. The summed E-state index contributed by atoms with van der Waals surface area (Å²) in [6.45, 7) is 3.71. The van der Waals surface area contributed by atoms with E-state index in [1.54, 1.807) is 0 Å². The zero-order valence-electron chi connectivity index (χ0n) is 7.00. The molecule has 0 heterocycles. The zero-order valence-corrected chi connectivity index (χ0v) is 7.00. The van der Waals surface area contributed by atoms with Crippen LogP contribution in [-0.4, -0.2) is 30.6 Å². The van der Waals surface area contributed by atoms with Crippen LogP contribution < -0.4 is 0 Å². The summed E-state index contributed by atoms with van der Waals surface area (Å²) in [5, 5.41) is 8.51. The Morgan fingerprint density at radius 1 is 1.73 bits per heavy atom. The predicted molar refractivity (Wildman–Crippen MR) is 39.5 cm³/mol. The van der Waals surface area contributed by atoms with Crippen LogP contribution in [0.25, 0.3) is 0 Å². The van der Waals surface area contributed by atoms with Crippen molar-refractivity contribution < 1.29 is 9.53 Å². The minimum atomic E-state index is -0.389. The first-order chi connectivity index (χ1) is 5.11. The second-order valence-electron chi connectivity index (χ2n) is 2.40. The van der Waals surface area contributed by atoms with Crippen molar-refractivity contribution in [3.8, 4) is 6.19 Å². The number of carbonyl (C=O) groups excluding carboxylic acids is 1. The standard InChI is InChI=1S/C7H12N2O2/c1-6(2)9(5-8)4-7(10)11-3/h6H,4H2,1-3H3. The van der Waals surface area contributed by atoms with Crippen molar-refractivity contribution in [3.63, 3.8) is 0 Å². The van der Waals surface area contributed by atoms with E-state index in [1.807, 2.05) is 20.0 Å². The van der Waals surface area contributed by atoms with Crippen LogP contribution in [0.1, 0.15) is 13.8 Å². The molecule has 0 rings (SSSR count). The summed E-state index contributed by atoms with van der Waals surface area (Å²) in [5.41, 5.74) is 0. The molecule has 0 aromatic heterocycles. The van der Waals surface area contributed by atoms with E-state index < -0.39 is 0 Å². The average Bonchev–Trinajstić information content (AvgIpc) is 1.99. The third-order valence-corrected chi connectivity index (χ3v) is 1.28. The van der Waals surface area contributed by atoms with Crippen LogP contribution in [0.4, 0.5) is 0 Å². The number of esters is 1. The van der Waals surface area contributed by atoms with Gasteiger partial charge in [0.25, 0.3) is 0 Å². The van der Waals surface area contributed by atoms with E-state index in [1.165, 1.54) is 12.0 Å². The third kappa shape index (κ3) is 3.46. The molecule has 0 aromatic rings. The largest absolute Gasteiger partial charge is 0.468 e. The van der Waals surface area contributed by atoms with Gasteiger partial charge in [-0.2, -0.15) is 5.26 Å². The second-order valence-corrected chi connectivity index (χ2v) is 2.40. The van der Waals surface area contributed by atoms with Crippen molar-refractivity contribution >= 4 is 5.97 Å². The first-order valence-electron chi connectivity index (χ1n) is 3.35. The van der Waals surface area contributed by atoms with E-state index in [0.717, 1.165) is 0 Å². The van der Waals surface area contributed by atoms with E-state index in [0.29, 0.717) is 0 Å². The Bertz CT molecular complexity index is 172. The van der Waals surface area contributed by atoms with E-state index in [9.17, 15) is 4.79 Å². The molecule has 11 heavy (non-hydrogen) atoms. The van der Waals surface area contributed by atoms with Gasteiger partial charge in [-0.25, -0.2) is 0 Å². The summed E-state index contributed by atoms with van der Waals surface area (Å²) in [7, 11) is 1.30. The molecule has 0 aliphatic heterocycles. The lowest BCUT2D eigenvalue weighted by molar-refractivity contribution is -0.141. The SMILES string of the molecule is COC(=O)CN(C#N)C(C)C. The molecule has 0 N–H and O–H groups in total. The minimum absolute atomic E-state index is 0.0324. The van der Waals surface area contributed by atoms with Gasteiger partial charge in [0.1, 0.15) is 6.54 Å². The van der Waals surface area contributed by atoms with Crippen LogP contribution in [0, 0.1) is 11.5 Å². The minimum Gasteiger partial charge on any atom is -0.468 e. The maximum atomic E-state index is 10.7. The van der Waals surface area contributed by atoms with Crippen LogP contribution >= 0.6 is 0 Å². The van der Waals surface area contributed by atoms with E-state index in [-0.39, 0.29) is 18.6 Å². The third-order valence-electron chi connectivity index (χ3n) is 1.28. The Labute approximate surface area is 66.4 Å². The zero-order chi connectivity index (χ0) is 8.85. The van der Waals surface area contributed by atoms with Gasteiger partial charge in [0, 0.05) is 6.04 Å². The van der Waals surface area contributed by atoms with Crippen molar-refractivity contribution in [2.75, 3.05) is 13.7 Å². The molecule has 0 atom stereocenters. The number of nitrogens with zero attached hydrogens (tertiary/aromatic N) is 2. The van der Waals surface area contributed by atoms with Crippen molar-refractivity contribution in [1.29, 1.82) is 5.26 Å². The highest BCUT2D eigenvalue weighted by molar-refractivity contribution is 5.71. The maximum absolute atomic E-state index is 10.7. The highest BCUT2D eigenvalue weighted by Crippen LogP contribution is 1.94. The van der Waals surface area contributed by atoms with Crippen molar-refractivity contribution in [2.45, 2.75) is 19.9 Å². The fourth-order valence-electron chi connectivity index (χ4n) is 0.537. The molecule has 4 nitrogen and oxygen atoms in total. The highest BCUT2D eigenvalue weighted by Gasteiger charge is 2.11. The number of hydrogen-bond acceptors (Lipinski definition) is 4. The normalized spacial score (nSPS) is 9.00. The van der Waals surface area contributed by atoms with Gasteiger partial charge < -0.3 is 4.74 Å². The number of ether oxygens (including phenoxy) is 1. The van der Waals surface area contributed by atoms with E-state index in [2.05, 4.69) is 4.74 Å². The Hall–Kier alpha value is -1.24. The smallest absolute Gasteiger partial charge is 0.326 e. The summed E-state index contributed by atoms with van der Waals surface area (Å²) in [6.07, 6.45) is 1.90. The first kappa shape index (κ1) is 9.76. The molecule has 62 valence electrons. The average molecular weight is 156 g/mol. The lowest BCUT2D eigenvalue weighted by atomic mass is 10.3. The summed E-state index contributed by atoms with van der Waals surface area (Å²) >= 11 is 0. The fourth-order valence-corrected chi connectivity index (χ4v) is 0.537. The lowest BCUT2D eigenvalue weighted by Gasteiger charge is -2.17. The number of carbonyl (C=O) groups is 1. The molecule has 0 amide bonds. The molecule has 0 spiro atoms. The molecule has 0 bridgehead atoms. The van der Waals surface area contributed by atoms with Gasteiger partial charge in [-0.15, -0.1) is 0 Å². The van der Waals surface area contributed by atoms with Crippen LogP contribution in [0.5, 0.6) is 0 Å². The van der Waals surface area contributed by atoms with Crippen LogP contribution in [0.3, 0.4) is 0 Å². The topological polar surface area (TPSA) is 53.3 Å². The molecular weight excluding hydrogens is 144 g/mol. The summed E-state index contributed by atoms with van der Waals surface area (Å²) in [5.74, 6) is -0.389. The number of methoxy groups -OCH3 is 1. The Morgan fingerprint density at radius 3 is 2.55 bits per heavy atom. The first-order valence-corrected chi connectivity index (χ1v) is 3.35. The van der Waals surface area contributed by atoms with E-state index in [4.69, 9.17) is 5.26 Å². The van der Waals surface area contributed by atoms with Crippen molar-refractivity contribution in [1.82, 2.24) is 4.90 Å². The highest BCUT2D eigenvalue weighted by atomic mass is 16.5. The van der Waals surface area contributed by atoms with Gasteiger partial charge in [-0.05, 0) is 13.8 Å². The lowest BCUT2D eigenvalue weighted by Crippen LogP contribution is -2.31. The Morgan fingerprint density at radius 2 is 2.27 bits per heavy atom. The quantitative estimate of drug-likeness (QED) is 0.336. The van der Waals surface area contributed by atoms with Gasteiger partial charge in [-0.3, -0.25) is 9.69 Å². The van der Waals surface area contributed by atoms with Crippen molar-refractivity contribution in [2.24, 2.45) is 0 Å². The Kier molecular flexibility index (Phi) is 4.04. The van der Waals surface area contributed by atoms with Gasteiger partial charge in [0.15, 0.2) is 6.19 Å². The summed E-state index contributed by atoms with van der Waals surface area (Å²) < 4.78 is 4.40. The van der Waals surface area contributed by atoms with Gasteiger partial charge >= 0.3 is 5.97 Å². The van der Waals surface area contributed by atoms with Gasteiger partial charge in [-0.1, -0.05) is 0 Å². The maximum Gasteiger partial charge on any atom is 0.326 e. The molecule has 0 aliphatic carbocycles. The molecule has 0 fully saturated rings. The number of hydrogen-bond donors (Lipinski definition) is 0. The summed E-state index contributed by atoms with van der Waals surface area (Å²) in [6, 6.07) is 0.0408. The number of rotatable bonds is 3. The number of nitriles is 1. The molecular formula is C7H12N2O2. The molecule has 0 saturated heterocycles. The predicted octanol–water partition coefficient (Wildman–Crippen LogP) is 0.351. The van der Waals surface area contributed by atoms with Gasteiger partial charge in [0.05, 0.1) is 7.11 Å². The van der Waals surface area contributed by atoms with E-state index >= 15 is 0 Å². The van der Waals surface area contributed by atoms with Crippen molar-refractivity contribution in [3.05, 3.63) is 0 Å². The van der Waals surface area contributed by atoms with Crippen LogP contribution in [0.15, 0.2) is 0 Å². The molecule has 0 aromatic carbocycles.